The molecular formula is C20H26F3N5. The molecule has 1 aromatic heterocycles. The second-order valence-corrected chi connectivity index (χ2v) is 7.42. The highest BCUT2D eigenvalue weighted by Crippen LogP contribution is 2.29. The van der Waals surface area contributed by atoms with Gasteiger partial charge < -0.3 is 9.80 Å². The normalized spacial score (nSPS) is 16.2. The third-order valence-corrected chi connectivity index (χ3v) is 5.19. The van der Waals surface area contributed by atoms with E-state index in [1.807, 2.05) is 32.1 Å². The van der Waals surface area contributed by atoms with Crippen LogP contribution in [0.1, 0.15) is 24.0 Å². The highest BCUT2D eigenvalue weighted by molar-refractivity contribution is 5.42. The Bertz CT molecular complexity index is 768. The first-order valence-corrected chi connectivity index (χ1v) is 9.36. The van der Waals surface area contributed by atoms with Gasteiger partial charge >= 0.3 is 6.18 Å². The van der Waals surface area contributed by atoms with E-state index in [-0.39, 0.29) is 0 Å². The lowest BCUT2D eigenvalue weighted by molar-refractivity contribution is -0.137. The zero-order valence-electron chi connectivity index (χ0n) is 16.4. The van der Waals surface area contributed by atoms with E-state index in [0.29, 0.717) is 18.5 Å². The molecular weight excluding hydrogens is 367 g/mol. The van der Waals surface area contributed by atoms with Crippen LogP contribution in [-0.2, 0) is 12.7 Å². The number of aromatic nitrogens is 2. The van der Waals surface area contributed by atoms with E-state index in [9.17, 15) is 13.2 Å². The number of hydrogen-bond donors (Lipinski definition) is 0. The van der Waals surface area contributed by atoms with Gasteiger partial charge in [0.15, 0.2) is 0 Å². The van der Waals surface area contributed by atoms with E-state index in [1.54, 1.807) is 18.3 Å². The van der Waals surface area contributed by atoms with Crippen molar-refractivity contribution >= 4 is 11.8 Å². The summed E-state index contributed by atoms with van der Waals surface area (Å²) < 4.78 is 38.0. The van der Waals surface area contributed by atoms with Crippen LogP contribution in [0.15, 0.2) is 36.5 Å². The SMILES string of the molecule is CN(C)c1ccnc(N(C)C2CCN(Cc3ccc(C(F)(F)F)cc3)CC2)n1. The minimum Gasteiger partial charge on any atom is -0.363 e. The fourth-order valence-electron chi connectivity index (χ4n) is 3.44. The van der Waals surface area contributed by atoms with Crippen LogP contribution >= 0.6 is 0 Å². The molecule has 0 saturated carbocycles. The Labute approximate surface area is 163 Å². The second kappa shape index (κ2) is 8.34. The molecule has 2 heterocycles. The maximum atomic E-state index is 12.7. The quantitative estimate of drug-likeness (QED) is 0.775. The van der Waals surface area contributed by atoms with Crippen LogP contribution in [-0.4, -0.2) is 55.1 Å². The predicted octanol–water partition coefficient (Wildman–Crippen LogP) is 3.66. The molecule has 0 bridgehead atoms. The number of rotatable bonds is 5. The summed E-state index contributed by atoms with van der Waals surface area (Å²) in [5, 5.41) is 0. The number of nitrogens with zero attached hydrogens (tertiary/aromatic N) is 5. The standard InChI is InChI=1S/C20H26F3N5/c1-26(2)18-8-11-24-19(25-18)27(3)17-9-12-28(13-10-17)14-15-4-6-16(7-5-15)20(21,22)23/h4-8,11,17H,9-10,12-14H2,1-3H3. The lowest BCUT2D eigenvalue weighted by Crippen LogP contribution is -2.43. The minimum atomic E-state index is -4.28. The third kappa shape index (κ3) is 4.92. The van der Waals surface area contributed by atoms with E-state index >= 15 is 0 Å². The molecule has 0 amide bonds. The number of alkyl halides is 3. The summed E-state index contributed by atoms with van der Waals surface area (Å²) >= 11 is 0. The van der Waals surface area contributed by atoms with Gasteiger partial charge in [0.05, 0.1) is 5.56 Å². The zero-order chi connectivity index (χ0) is 20.3. The fourth-order valence-corrected chi connectivity index (χ4v) is 3.44. The van der Waals surface area contributed by atoms with Gasteiger partial charge in [-0.3, -0.25) is 4.90 Å². The van der Waals surface area contributed by atoms with Crippen LogP contribution in [0.4, 0.5) is 24.9 Å². The van der Waals surface area contributed by atoms with Gasteiger partial charge in [-0.25, -0.2) is 4.98 Å². The first-order valence-electron chi connectivity index (χ1n) is 9.36. The van der Waals surface area contributed by atoms with Crippen LogP contribution in [0.25, 0.3) is 0 Å². The Morgan fingerprint density at radius 1 is 1.04 bits per heavy atom. The monoisotopic (exact) mass is 393 g/mol. The number of benzene rings is 1. The molecule has 2 aromatic rings. The molecule has 0 unspecified atom stereocenters. The molecule has 1 fully saturated rings. The summed E-state index contributed by atoms with van der Waals surface area (Å²) in [7, 11) is 5.92. The van der Waals surface area contributed by atoms with E-state index in [0.717, 1.165) is 49.4 Å². The Morgan fingerprint density at radius 2 is 1.68 bits per heavy atom. The summed E-state index contributed by atoms with van der Waals surface area (Å²) in [5.74, 6) is 1.59. The zero-order valence-corrected chi connectivity index (χ0v) is 16.4. The average Bonchev–Trinajstić information content (AvgIpc) is 2.68. The second-order valence-electron chi connectivity index (χ2n) is 7.42. The van der Waals surface area contributed by atoms with Crippen molar-refractivity contribution in [3.05, 3.63) is 47.7 Å². The van der Waals surface area contributed by atoms with Crippen molar-refractivity contribution in [2.75, 3.05) is 44.0 Å². The Balaban J connectivity index is 1.55. The van der Waals surface area contributed by atoms with Crippen molar-refractivity contribution in [3.8, 4) is 0 Å². The van der Waals surface area contributed by atoms with E-state index < -0.39 is 11.7 Å². The average molecular weight is 393 g/mol. The number of halogens is 3. The molecule has 0 spiro atoms. The molecule has 152 valence electrons. The van der Waals surface area contributed by atoms with Crippen molar-refractivity contribution in [3.63, 3.8) is 0 Å². The molecule has 0 radical (unpaired) electrons. The lowest BCUT2D eigenvalue weighted by Gasteiger charge is -2.37. The summed E-state index contributed by atoms with van der Waals surface area (Å²) in [6.07, 6.45) is -0.583. The number of likely N-dealkylation sites (tertiary alicyclic amines) is 1. The van der Waals surface area contributed by atoms with Crippen LogP contribution < -0.4 is 9.80 Å². The molecule has 5 nitrogen and oxygen atoms in total. The molecule has 1 aliphatic rings. The van der Waals surface area contributed by atoms with Gasteiger partial charge in [0.25, 0.3) is 0 Å². The topological polar surface area (TPSA) is 35.5 Å². The van der Waals surface area contributed by atoms with Gasteiger partial charge in [0.2, 0.25) is 5.95 Å². The van der Waals surface area contributed by atoms with Gasteiger partial charge in [-0.15, -0.1) is 0 Å². The summed E-state index contributed by atoms with van der Waals surface area (Å²) in [4.78, 5) is 15.4. The molecule has 1 saturated heterocycles. The first-order chi connectivity index (χ1) is 13.2. The fraction of sp³-hybridized carbons (Fsp3) is 0.500. The molecule has 3 rings (SSSR count). The number of hydrogen-bond acceptors (Lipinski definition) is 5. The van der Waals surface area contributed by atoms with Gasteiger partial charge in [-0.1, -0.05) is 12.1 Å². The Morgan fingerprint density at radius 3 is 2.25 bits per heavy atom. The smallest absolute Gasteiger partial charge is 0.363 e. The minimum absolute atomic E-state index is 0.348. The van der Waals surface area contributed by atoms with Crippen molar-refractivity contribution in [2.24, 2.45) is 0 Å². The van der Waals surface area contributed by atoms with Gasteiger partial charge in [0, 0.05) is 53.0 Å². The van der Waals surface area contributed by atoms with Crippen molar-refractivity contribution in [1.29, 1.82) is 0 Å². The third-order valence-electron chi connectivity index (χ3n) is 5.19. The van der Waals surface area contributed by atoms with E-state index in [2.05, 4.69) is 19.8 Å². The molecule has 1 aliphatic heterocycles. The molecule has 28 heavy (non-hydrogen) atoms. The van der Waals surface area contributed by atoms with Crippen LogP contribution in [0, 0.1) is 0 Å². The summed E-state index contributed by atoms with van der Waals surface area (Å²) in [6.45, 7) is 2.45. The predicted molar refractivity (Wildman–Crippen MR) is 105 cm³/mol. The molecule has 8 heteroatoms. The maximum absolute atomic E-state index is 12.7. The van der Waals surface area contributed by atoms with Crippen LogP contribution in [0.3, 0.4) is 0 Å². The molecule has 1 aromatic carbocycles. The maximum Gasteiger partial charge on any atom is 0.416 e. The van der Waals surface area contributed by atoms with Crippen molar-refractivity contribution in [1.82, 2.24) is 14.9 Å². The van der Waals surface area contributed by atoms with E-state index in [4.69, 9.17) is 0 Å². The highest BCUT2D eigenvalue weighted by Gasteiger charge is 2.30. The first kappa shape index (κ1) is 20.4. The van der Waals surface area contributed by atoms with Gasteiger partial charge in [-0.05, 0) is 36.6 Å². The molecule has 0 N–H and O–H groups in total. The van der Waals surface area contributed by atoms with Crippen molar-refractivity contribution < 1.29 is 13.2 Å². The van der Waals surface area contributed by atoms with Gasteiger partial charge in [0.1, 0.15) is 5.82 Å². The Hall–Kier alpha value is -2.35. The van der Waals surface area contributed by atoms with Crippen LogP contribution in [0.5, 0.6) is 0 Å². The largest absolute Gasteiger partial charge is 0.416 e. The molecule has 0 atom stereocenters. The van der Waals surface area contributed by atoms with Crippen LogP contribution in [0.2, 0.25) is 0 Å². The Kier molecular flexibility index (Phi) is 6.07. The number of anilines is 2. The summed E-state index contributed by atoms with van der Waals surface area (Å²) in [6, 6.07) is 7.68. The summed E-state index contributed by atoms with van der Waals surface area (Å²) in [5.41, 5.74) is 0.304. The van der Waals surface area contributed by atoms with Crippen molar-refractivity contribution in [2.45, 2.75) is 31.6 Å². The highest BCUT2D eigenvalue weighted by atomic mass is 19.4. The van der Waals surface area contributed by atoms with Gasteiger partial charge in [-0.2, -0.15) is 18.2 Å². The molecule has 0 aliphatic carbocycles. The van der Waals surface area contributed by atoms with E-state index in [1.165, 1.54) is 0 Å². The number of piperidine rings is 1. The lowest BCUT2D eigenvalue weighted by atomic mass is 10.0.